The van der Waals surface area contributed by atoms with E-state index in [1.165, 1.54) is 0 Å². The second-order valence-corrected chi connectivity index (χ2v) is 5.61. The lowest BCUT2D eigenvalue weighted by Gasteiger charge is -2.09. The molecule has 1 aliphatic heterocycles. The van der Waals surface area contributed by atoms with Gasteiger partial charge in [-0.25, -0.2) is 0 Å². The maximum absolute atomic E-state index is 12.0. The number of amidine groups is 1. The Hall–Kier alpha value is -2.35. The van der Waals surface area contributed by atoms with Crippen molar-refractivity contribution in [1.29, 1.82) is 0 Å². The van der Waals surface area contributed by atoms with Gasteiger partial charge in [-0.2, -0.15) is 9.98 Å². The van der Waals surface area contributed by atoms with Crippen LogP contribution in [-0.2, 0) is 9.59 Å². The lowest BCUT2D eigenvalue weighted by atomic mass is 10.2. The molecule has 1 aliphatic rings. The first kappa shape index (κ1) is 15.0. The number of nitrogens with one attached hydrogen (secondary N) is 1. The third kappa shape index (κ3) is 4.06. The van der Waals surface area contributed by atoms with E-state index in [0.29, 0.717) is 0 Å². The molecule has 0 aromatic heterocycles. The molecule has 1 heterocycles. The molecule has 1 atom stereocenters. The number of amides is 2. The van der Waals surface area contributed by atoms with Gasteiger partial charge in [0.05, 0.1) is 0 Å². The van der Waals surface area contributed by atoms with Crippen molar-refractivity contribution in [2.45, 2.75) is 18.6 Å². The van der Waals surface area contributed by atoms with E-state index in [1.807, 2.05) is 25.1 Å². The van der Waals surface area contributed by atoms with Gasteiger partial charge in [0.2, 0.25) is 5.91 Å². The van der Waals surface area contributed by atoms with Gasteiger partial charge in [-0.3, -0.25) is 9.59 Å². The number of aryl methyl sites for hydroxylation is 1. The number of nitrogens with two attached hydrogens (primary N) is 2. The molecule has 2 rings (SSSR count). The van der Waals surface area contributed by atoms with Gasteiger partial charge in [0.15, 0.2) is 11.1 Å². The van der Waals surface area contributed by atoms with E-state index in [9.17, 15) is 9.59 Å². The zero-order chi connectivity index (χ0) is 15.4. The van der Waals surface area contributed by atoms with Gasteiger partial charge in [-0.15, -0.1) is 0 Å². The number of thioether (sulfide) groups is 1. The van der Waals surface area contributed by atoms with Crippen molar-refractivity contribution >= 4 is 40.4 Å². The predicted octanol–water partition coefficient (Wildman–Crippen LogP) is 0.595. The summed E-state index contributed by atoms with van der Waals surface area (Å²) in [5.74, 6) is -0.824. The highest BCUT2D eigenvalue weighted by atomic mass is 32.2. The van der Waals surface area contributed by atoms with E-state index in [4.69, 9.17) is 11.5 Å². The molecule has 0 spiro atoms. The Labute approximate surface area is 125 Å². The summed E-state index contributed by atoms with van der Waals surface area (Å²) in [6.07, 6.45) is 0.0187. The van der Waals surface area contributed by atoms with E-state index in [-0.39, 0.29) is 23.5 Å². The number of carbonyl (C=O) groups excluding carboxylic acids is 2. The molecule has 1 aromatic carbocycles. The minimum atomic E-state index is -0.591. The van der Waals surface area contributed by atoms with Gasteiger partial charge in [0.1, 0.15) is 5.25 Å². The quantitative estimate of drug-likeness (QED) is 0.557. The molecule has 8 heteroatoms. The minimum absolute atomic E-state index is 0.0187. The maximum Gasteiger partial charge on any atom is 0.262 e. The molecule has 0 bridgehead atoms. The van der Waals surface area contributed by atoms with Crippen molar-refractivity contribution in [3.05, 3.63) is 29.8 Å². The standard InChI is InChI=1S/C13H15N5O2S/c1-7-4-2-3-5-8(7)16-10(19)6-9-11(20)17-13(21-9)18-12(14)15/h2-5,9H,6H2,1H3,(H,16,19)(H4,14,15,17,18,20)/t9-/m0/s1. The van der Waals surface area contributed by atoms with Crippen LogP contribution in [0.5, 0.6) is 0 Å². The van der Waals surface area contributed by atoms with Crippen LogP contribution < -0.4 is 16.8 Å². The monoisotopic (exact) mass is 305 g/mol. The summed E-state index contributed by atoms with van der Waals surface area (Å²) in [6.45, 7) is 1.89. The second kappa shape index (κ2) is 6.40. The number of hydrogen-bond donors (Lipinski definition) is 3. The first-order valence-corrected chi connectivity index (χ1v) is 7.08. The Morgan fingerprint density at radius 1 is 1.43 bits per heavy atom. The number of para-hydroxylation sites is 1. The van der Waals surface area contributed by atoms with Crippen LogP contribution in [0, 0.1) is 6.92 Å². The summed E-state index contributed by atoms with van der Waals surface area (Å²) in [4.78, 5) is 31.1. The average Bonchev–Trinajstić information content (AvgIpc) is 2.71. The van der Waals surface area contributed by atoms with Crippen LogP contribution in [-0.4, -0.2) is 28.2 Å². The van der Waals surface area contributed by atoms with Gasteiger partial charge in [0.25, 0.3) is 5.91 Å². The third-order valence-corrected chi connectivity index (χ3v) is 3.79. The number of rotatable bonds is 3. The molecular weight excluding hydrogens is 290 g/mol. The topological polar surface area (TPSA) is 123 Å². The highest BCUT2D eigenvalue weighted by molar-refractivity contribution is 8.15. The zero-order valence-corrected chi connectivity index (χ0v) is 12.2. The number of anilines is 1. The minimum Gasteiger partial charge on any atom is -0.370 e. The number of carbonyl (C=O) groups is 2. The molecule has 21 heavy (non-hydrogen) atoms. The number of nitrogens with zero attached hydrogens (tertiary/aromatic N) is 2. The normalized spacial score (nSPS) is 17.3. The first-order chi connectivity index (χ1) is 9.95. The predicted molar refractivity (Wildman–Crippen MR) is 84.1 cm³/mol. The first-order valence-electron chi connectivity index (χ1n) is 6.20. The Morgan fingerprint density at radius 2 is 2.14 bits per heavy atom. The molecule has 5 N–H and O–H groups in total. The fraction of sp³-hybridized carbons (Fsp3) is 0.231. The van der Waals surface area contributed by atoms with Crippen LogP contribution in [0.1, 0.15) is 12.0 Å². The molecule has 110 valence electrons. The van der Waals surface area contributed by atoms with E-state index >= 15 is 0 Å². The van der Waals surface area contributed by atoms with E-state index in [2.05, 4.69) is 15.3 Å². The van der Waals surface area contributed by atoms with E-state index in [0.717, 1.165) is 23.0 Å². The Morgan fingerprint density at radius 3 is 2.81 bits per heavy atom. The highest BCUT2D eigenvalue weighted by Gasteiger charge is 2.30. The largest absolute Gasteiger partial charge is 0.370 e. The van der Waals surface area contributed by atoms with E-state index < -0.39 is 11.2 Å². The van der Waals surface area contributed by atoms with Gasteiger partial charge in [-0.05, 0) is 18.6 Å². The lowest BCUT2D eigenvalue weighted by Crippen LogP contribution is -2.23. The van der Waals surface area contributed by atoms with Gasteiger partial charge in [0, 0.05) is 12.1 Å². The molecule has 0 radical (unpaired) electrons. The van der Waals surface area contributed by atoms with Crippen LogP contribution in [0.2, 0.25) is 0 Å². The Kier molecular flexibility index (Phi) is 4.59. The SMILES string of the molecule is Cc1ccccc1NC(=O)C[C@@H]1SC(N=C(N)N)=NC1=O. The summed E-state index contributed by atoms with van der Waals surface area (Å²) < 4.78 is 0. The van der Waals surface area contributed by atoms with Crippen molar-refractivity contribution in [2.24, 2.45) is 21.5 Å². The zero-order valence-electron chi connectivity index (χ0n) is 11.4. The van der Waals surface area contributed by atoms with Crippen molar-refractivity contribution < 1.29 is 9.59 Å². The fourth-order valence-electron chi connectivity index (χ4n) is 1.74. The van der Waals surface area contributed by atoms with Crippen molar-refractivity contribution in [3.63, 3.8) is 0 Å². The summed E-state index contributed by atoms with van der Waals surface area (Å²) in [5, 5.41) is 2.37. The molecule has 0 saturated heterocycles. The summed E-state index contributed by atoms with van der Waals surface area (Å²) in [5.41, 5.74) is 12.1. The van der Waals surface area contributed by atoms with Crippen LogP contribution in [0.25, 0.3) is 0 Å². The number of hydrogen-bond acceptors (Lipinski definition) is 4. The Bertz CT molecular complexity index is 637. The van der Waals surface area contributed by atoms with Crippen LogP contribution in [0.15, 0.2) is 34.3 Å². The van der Waals surface area contributed by atoms with Gasteiger partial charge in [-0.1, -0.05) is 30.0 Å². The molecule has 1 aromatic rings. The Balaban J connectivity index is 1.95. The van der Waals surface area contributed by atoms with Crippen LogP contribution >= 0.6 is 11.8 Å². The summed E-state index contributed by atoms with van der Waals surface area (Å²) in [6, 6.07) is 7.41. The lowest BCUT2D eigenvalue weighted by molar-refractivity contribution is -0.121. The van der Waals surface area contributed by atoms with Crippen molar-refractivity contribution in [3.8, 4) is 0 Å². The average molecular weight is 305 g/mol. The number of aliphatic imine (C=N–C) groups is 2. The molecule has 7 nitrogen and oxygen atoms in total. The summed E-state index contributed by atoms with van der Waals surface area (Å²) >= 11 is 1.08. The van der Waals surface area contributed by atoms with Crippen LogP contribution in [0.4, 0.5) is 5.69 Å². The smallest absolute Gasteiger partial charge is 0.262 e. The fourth-order valence-corrected chi connectivity index (χ4v) is 2.69. The number of guanidine groups is 1. The van der Waals surface area contributed by atoms with Gasteiger partial charge >= 0.3 is 0 Å². The molecule has 0 saturated carbocycles. The second-order valence-electron chi connectivity index (χ2n) is 4.44. The molecule has 0 fully saturated rings. The van der Waals surface area contributed by atoms with Crippen molar-refractivity contribution in [2.75, 3.05) is 5.32 Å². The van der Waals surface area contributed by atoms with E-state index in [1.54, 1.807) is 6.07 Å². The molecule has 0 aliphatic carbocycles. The molecular formula is C13H15N5O2S. The maximum atomic E-state index is 12.0. The van der Waals surface area contributed by atoms with Crippen molar-refractivity contribution in [1.82, 2.24) is 0 Å². The molecule has 2 amide bonds. The van der Waals surface area contributed by atoms with Gasteiger partial charge < -0.3 is 16.8 Å². The van der Waals surface area contributed by atoms with Crippen LogP contribution in [0.3, 0.4) is 0 Å². The summed E-state index contributed by atoms with van der Waals surface area (Å²) in [7, 11) is 0. The third-order valence-electron chi connectivity index (χ3n) is 2.74. The molecule has 0 unspecified atom stereocenters. The number of benzene rings is 1. The highest BCUT2D eigenvalue weighted by Crippen LogP contribution is 2.26.